The summed E-state index contributed by atoms with van der Waals surface area (Å²) in [7, 11) is 0. The van der Waals surface area contributed by atoms with Gasteiger partial charge in [0.15, 0.2) is 5.17 Å². The molecule has 2 heterocycles. The van der Waals surface area contributed by atoms with E-state index >= 15 is 0 Å². The summed E-state index contributed by atoms with van der Waals surface area (Å²) in [5, 5.41) is 2.86. The largest absolute Gasteiger partial charge is 0.467 e. The number of rotatable bonds is 6. The summed E-state index contributed by atoms with van der Waals surface area (Å²) in [6, 6.07) is 20.4. The lowest BCUT2D eigenvalue weighted by atomic mass is 10.2. The maximum absolute atomic E-state index is 13.1. The van der Waals surface area contributed by atoms with E-state index in [1.165, 1.54) is 11.8 Å². The van der Waals surface area contributed by atoms with Gasteiger partial charge in [0.1, 0.15) is 11.0 Å². The molecule has 1 atom stereocenters. The molecule has 3 aromatic rings. The summed E-state index contributed by atoms with van der Waals surface area (Å²) in [6.45, 7) is 0.271. The topological polar surface area (TPSA) is 74.9 Å². The van der Waals surface area contributed by atoms with Crippen LogP contribution >= 0.6 is 27.7 Å². The molecule has 1 N–H and O–H groups in total. The number of anilines is 1. The Morgan fingerprint density at radius 1 is 1.10 bits per heavy atom. The number of nitrogens with one attached hydrogen (secondary N) is 1. The Kier molecular flexibility index (Phi) is 6.35. The molecule has 1 aliphatic rings. The molecule has 0 radical (unpaired) electrons. The molecule has 8 heteroatoms. The summed E-state index contributed by atoms with van der Waals surface area (Å²) in [4.78, 5) is 31.9. The van der Waals surface area contributed by atoms with Gasteiger partial charge in [0.05, 0.1) is 24.2 Å². The third-order valence-electron chi connectivity index (χ3n) is 4.41. The van der Waals surface area contributed by atoms with Crippen LogP contribution in [-0.4, -0.2) is 27.1 Å². The first-order chi connectivity index (χ1) is 14.6. The van der Waals surface area contributed by atoms with E-state index < -0.39 is 5.25 Å². The molecule has 30 heavy (non-hydrogen) atoms. The smallest absolute Gasteiger partial charge is 0.243 e. The van der Waals surface area contributed by atoms with Gasteiger partial charge in [0, 0.05) is 10.9 Å². The van der Waals surface area contributed by atoms with Gasteiger partial charge in [-0.3, -0.25) is 14.5 Å². The molecular formula is C22H18BrN3O3S. The number of para-hydroxylation sites is 2. The molecule has 0 saturated carbocycles. The zero-order valence-electron chi connectivity index (χ0n) is 15.8. The molecule has 152 valence electrons. The van der Waals surface area contributed by atoms with E-state index in [1.807, 2.05) is 54.6 Å². The summed E-state index contributed by atoms with van der Waals surface area (Å²) in [5.41, 5.74) is 1.42. The zero-order chi connectivity index (χ0) is 20.9. The van der Waals surface area contributed by atoms with Crippen LogP contribution in [0.2, 0.25) is 0 Å². The van der Waals surface area contributed by atoms with E-state index in [1.54, 1.807) is 23.3 Å². The molecule has 4 rings (SSSR count). The van der Waals surface area contributed by atoms with Crippen LogP contribution in [0.1, 0.15) is 12.2 Å². The molecule has 1 aromatic heterocycles. The van der Waals surface area contributed by atoms with Crippen LogP contribution in [0.5, 0.6) is 0 Å². The molecule has 6 nitrogen and oxygen atoms in total. The molecule has 1 fully saturated rings. The first kappa shape index (κ1) is 20.4. The number of hydrogen-bond acceptors (Lipinski definition) is 5. The van der Waals surface area contributed by atoms with Crippen LogP contribution in [0.4, 0.5) is 11.4 Å². The highest BCUT2D eigenvalue weighted by atomic mass is 79.9. The van der Waals surface area contributed by atoms with Crippen molar-refractivity contribution in [1.82, 2.24) is 4.90 Å². The van der Waals surface area contributed by atoms with Gasteiger partial charge in [-0.15, -0.1) is 0 Å². The quantitative estimate of drug-likeness (QED) is 0.522. The molecule has 2 amide bonds. The first-order valence-electron chi connectivity index (χ1n) is 9.28. The number of benzene rings is 2. The van der Waals surface area contributed by atoms with Crippen molar-refractivity contribution in [2.45, 2.75) is 18.2 Å². The van der Waals surface area contributed by atoms with Crippen molar-refractivity contribution in [1.29, 1.82) is 0 Å². The van der Waals surface area contributed by atoms with Crippen molar-refractivity contribution in [3.63, 3.8) is 0 Å². The summed E-state index contributed by atoms with van der Waals surface area (Å²) in [6.07, 6.45) is 1.62. The van der Waals surface area contributed by atoms with Gasteiger partial charge in [-0.25, -0.2) is 4.99 Å². The van der Waals surface area contributed by atoms with Crippen molar-refractivity contribution in [2.24, 2.45) is 4.99 Å². The standard InChI is InChI=1S/C22H18BrN3O3S/c23-17-10-4-5-11-18(17)25-20(27)13-19-21(28)26(14-16-9-6-12-29-16)22(30-19)24-15-7-2-1-3-8-15/h1-12,19H,13-14H2,(H,25,27). The Morgan fingerprint density at radius 2 is 1.87 bits per heavy atom. The number of amidine groups is 1. The minimum atomic E-state index is -0.551. The van der Waals surface area contributed by atoms with Gasteiger partial charge in [-0.05, 0) is 52.3 Å². The van der Waals surface area contributed by atoms with Crippen molar-refractivity contribution in [2.75, 3.05) is 5.32 Å². The zero-order valence-corrected chi connectivity index (χ0v) is 18.2. The molecule has 1 saturated heterocycles. The van der Waals surface area contributed by atoms with Crippen molar-refractivity contribution < 1.29 is 14.0 Å². The normalized spacial score (nSPS) is 17.5. The maximum atomic E-state index is 13.1. The van der Waals surface area contributed by atoms with E-state index in [4.69, 9.17) is 4.42 Å². The molecule has 0 spiro atoms. The lowest BCUT2D eigenvalue weighted by Crippen LogP contribution is -2.33. The highest BCUT2D eigenvalue weighted by Gasteiger charge is 2.39. The highest BCUT2D eigenvalue weighted by molar-refractivity contribution is 9.10. The number of amides is 2. The van der Waals surface area contributed by atoms with Crippen LogP contribution in [-0.2, 0) is 16.1 Å². The van der Waals surface area contributed by atoms with Crippen molar-refractivity contribution in [3.05, 3.63) is 83.2 Å². The lowest BCUT2D eigenvalue weighted by molar-refractivity contribution is -0.128. The van der Waals surface area contributed by atoms with Crippen molar-refractivity contribution >= 4 is 56.0 Å². The van der Waals surface area contributed by atoms with Crippen LogP contribution in [0.3, 0.4) is 0 Å². The van der Waals surface area contributed by atoms with E-state index in [2.05, 4.69) is 26.2 Å². The Labute approximate surface area is 186 Å². The molecule has 1 unspecified atom stereocenters. The Bertz CT molecular complexity index is 1070. The molecule has 1 aliphatic heterocycles. The minimum absolute atomic E-state index is 0.0489. The molecule has 0 aliphatic carbocycles. The van der Waals surface area contributed by atoms with E-state index in [-0.39, 0.29) is 24.8 Å². The predicted molar refractivity (Wildman–Crippen MR) is 122 cm³/mol. The van der Waals surface area contributed by atoms with Crippen LogP contribution in [0.25, 0.3) is 0 Å². The third kappa shape index (κ3) is 4.83. The number of nitrogens with zero attached hydrogens (tertiary/aromatic N) is 2. The monoisotopic (exact) mass is 483 g/mol. The predicted octanol–water partition coefficient (Wildman–Crippen LogP) is 5.20. The SMILES string of the molecule is O=C(CC1SC(=Nc2ccccc2)N(Cc2ccco2)C1=O)Nc1ccccc1Br. The maximum Gasteiger partial charge on any atom is 0.243 e. The third-order valence-corrected chi connectivity index (χ3v) is 6.28. The number of thioether (sulfide) groups is 1. The fraction of sp³-hybridized carbons (Fsp3) is 0.136. The number of carbonyl (C=O) groups excluding carboxylic acids is 2. The Balaban J connectivity index is 1.52. The second-order valence-corrected chi connectivity index (χ2v) is 8.60. The second kappa shape index (κ2) is 9.32. The average molecular weight is 484 g/mol. The van der Waals surface area contributed by atoms with Crippen LogP contribution < -0.4 is 5.32 Å². The first-order valence-corrected chi connectivity index (χ1v) is 11.0. The highest BCUT2D eigenvalue weighted by Crippen LogP contribution is 2.33. The minimum Gasteiger partial charge on any atom is -0.467 e. The van der Waals surface area contributed by atoms with E-state index in [9.17, 15) is 9.59 Å². The molecule has 2 aromatic carbocycles. The van der Waals surface area contributed by atoms with Crippen LogP contribution in [0, 0.1) is 0 Å². The van der Waals surface area contributed by atoms with Gasteiger partial charge in [0.2, 0.25) is 11.8 Å². The average Bonchev–Trinajstić information content (AvgIpc) is 3.35. The summed E-state index contributed by atoms with van der Waals surface area (Å²) >= 11 is 4.71. The fourth-order valence-electron chi connectivity index (χ4n) is 2.97. The Morgan fingerprint density at radius 3 is 2.60 bits per heavy atom. The van der Waals surface area contributed by atoms with Gasteiger partial charge in [0.25, 0.3) is 0 Å². The Hall–Kier alpha value is -2.84. The summed E-state index contributed by atoms with van der Waals surface area (Å²) in [5.74, 6) is 0.267. The second-order valence-electron chi connectivity index (χ2n) is 6.57. The number of hydrogen-bond donors (Lipinski definition) is 1. The number of aliphatic imine (C=N–C) groups is 1. The molecule has 0 bridgehead atoms. The number of carbonyl (C=O) groups is 2. The van der Waals surface area contributed by atoms with E-state index in [0.29, 0.717) is 16.6 Å². The van der Waals surface area contributed by atoms with Gasteiger partial charge < -0.3 is 9.73 Å². The van der Waals surface area contributed by atoms with E-state index in [0.717, 1.165) is 10.2 Å². The lowest BCUT2D eigenvalue weighted by Gasteiger charge is -2.15. The summed E-state index contributed by atoms with van der Waals surface area (Å²) < 4.78 is 6.19. The molecular weight excluding hydrogens is 466 g/mol. The fourth-order valence-corrected chi connectivity index (χ4v) is 4.52. The van der Waals surface area contributed by atoms with Gasteiger partial charge >= 0.3 is 0 Å². The number of furan rings is 1. The van der Waals surface area contributed by atoms with Crippen LogP contribution in [0.15, 0.2) is 86.9 Å². The number of halogens is 1. The van der Waals surface area contributed by atoms with Crippen molar-refractivity contribution in [3.8, 4) is 0 Å². The van der Waals surface area contributed by atoms with Gasteiger partial charge in [-0.1, -0.05) is 42.1 Å². The van der Waals surface area contributed by atoms with Gasteiger partial charge in [-0.2, -0.15) is 0 Å².